The summed E-state index contributed by atoms with van der Waals surface area (Å²) in [7, 11) is 0. The van der Waals surface area contributed by atoms with E-state index in [2.05, 4.69) is 31.2 Å². The van der Waals surface area contributed by atoms with Crippen LogP contribution in [0.3, 0.4) is 0 Å². The second-order valence-corrected chi connectivity index (χ2v) is 5.27. The standard InChI is InChI=1S/C12H20ClN3O/c1-7(2)9(5)15-10-6-14-16(8(3)4)12(17)11(10)13/h6-9,15H,1-5H3. The van der Waals surface area contributed by atoms with E-state index >= 15 is 0 Å². The second kappa shape index (κ2) is 5.54. The second-order valence-electron chi connectivity index (χ2n) is 4.89. The Kier molecular flexibility index (Phi) is 4.57. The van der Waals surface area contributed by atoms with E-state index in [9.17, 15) is 4.79 Å². The number of hydrogen-bond donors (Lipinski definition) is 1. The number of rotatable bonds is 4. The van der Waals surface area contributed by atoms with Gasteiger partial charge in [0.1, 0.15) is 5.02 Å². The van der Waals surface area contributed by atoms with Gasteiger partial charge in [-0.2, -0.15) is 5.10 Å². The van der Waals surface area contributed by atoms with Crippen molar-refractivity contribution in [3.8, 4) is 0 Å². The first-order valence-corrected chi connectivity index (χ1v) is 6.26. The lowest BCUT2D eigenvalue weighted by molar-refractivity contribution is 0.501. The summed E-state index contributed by atoms with van der Waals surface area (Å²) in [5.41, 5.74) is 0.359. The average Bonchev–Trinajstić information content (AvgIpc) is 2.24. The van der Waals surface area contributed by atoms with Crippen LogP contribution in [0.5, 0.6) is 0 Å². The van der Waals surface area contributed by atoms with E-state index in [1.165, 1.54) is 4.68 Å². The van der Waals surface area contributed by atoms with Crippen LogP contribution in [-0.2, 0) is 0 Å². The molecule has 0 saturated heterocycles. The van der Waals surface area contributed by atoms with Crippen LogP contribution in [0, 0.1) is 5.92 Å². The fourth-order valence-corrected chi connectivity index (χ4v) is 1.52. The number of halogens is 1. The van der Waals surface area contributed by atoms with Crippen LogP contribution in [0.2, 0.25) is 5.02 Å². The summed E-state index contributed by atoms with van der Waals surface area (Å²) in [4.78, 5) is 11.9. The average molecular weight is 258 g/mol. The first-order chi connectivity index (χ1) is 7.84. The third kappa shape index (κ3) is 3.22. The van der Waals surface area contributed by atoms with Gasteiger partial charge in [0, 0.05) is 6.04 Å². The van der Waals surface area contributed by atoms with Crippen LogP contribution in [0.4, 0.5) is 5.69 Å². The molecule has 4 nitrogen and oxygen atoms in total. The van der Waals surface area contributed by atoms with Crippen molar-refractivity contribution in [3.63, 3.8) is 0 Å². The lowest BCUT2D eigenvalue weighted by atomic mass is 10.1. The van der Waals surface area contributed by atoms with Crippen molar-refractivity contribution in [2.75, 3.05) is 5.32 Å². The van der Waals surface area contributed by atoms with E-state index in [0.717, 1.165) is 0 Å². The SMILES string of the molecule is CC(C)C(C)Nc1cnn(C(C)C)c(=O)c1Cl. The minimum Gasteiger partial charge on any atom is -0.380 e. The Balaban J connectivity index is 3.05. The van der Waals surface area contributed by atoms with Crippen molar-refractivity contribution >= 4 is 17.3 Å². The summed E-state index contributed by atoms with van der Waals surface area (Å²) in [6.45, 7) is 10.1. The Morgan fingerprint density at radius 1 is 1.29 bits per heavy atom. The monoisotopic (exact) mass is 257 g/mol. The summed E-state index contributed by atoms with van der Waals surface area (Å²) in [6, 6.07) is 0.250. The summed E-state index contributed by atoms with van der Waals surface area (Å²) in [5, 5.41) is 7.53. The number of nitrogens with zero attached hydrogens (tertiary/aromatic N) is 2. The largest absolute Gasteiger partial charge is 0.380 e. The predicted octanol–water partition coefficient (Wildman–Crippen LogP) is 2.93. The van der Waals surface area contributed by atoms with Gasteiger partial charge in [0.2, 0.25) is 0 Å². The topological polar surface area (TPSA) is 46.9 Å². The molecule has 0 bridgehead atoms. The van der Waals surface area contributed by atoms with Crippen LogP contribution >= 0.6 is 11.6 Å². The molecule has 1 rings (SSSR count). The van der Waals surface area contributed by atoms with Gasteiger partial charge in [-0.05, 0) is 26.7 Å². The van der Waals surface area contributed by atoms with E-state index in [4.69, 9.17) is 11.6 Å². The number of aromatic nitrogens is 2. The number of anilines is 1. The minimum absolute atomic E-state index is 0.0107. The maximum atomic E-state index is 11.9. The molecule has 17 heavy (non-hydrogen) atoms. The van der Waals surface area contributed by atoms with Gasteiger partial charge in [0.15, 0.2) is 0 Å². The molecule has 1 N–H and O–H groups in total. The summed E-state index contributed by atoms with van der Waals surface area (Å²) in [6.07, 6.45) is 1.61. The smallest absolute Gasteiger partial charge is 0.287 e. The summed E-state index contributed by atoms with van der Waals surface area (Å²) >= 11 is 6.06. The van der Waals surface area contributed by atoms with Gasteiger partial charge < -0.3 is 5.32 Å². The van der Waals surface area contributed by atoms with Crippen molar-refractivity contribution in [1.82, 2.24) is 9.78 Å². The molecule has 1 aromatic rings. The minimum atomic E-state index is -0.248. The number of nitrogens with one attached hydrogen (secondary N) is 1. The quantitative estimate of drug-likeness (QED) is 0.902. The Bertz CT molecular complexity index is 440. The Hall–Kier alpha value is -1.03. The predicted molar refractivity (Wildman–Crippen MR) is 71.8 cm³/mol. The van der Waals surface area contributed by atoms with Crippen LogP contribution < -0.4 is 10.9 Å². The van der Waals surface area contributed by atoms with Crippen molar-refractivity contribution in [3.05, 3.63) is 21.6 Å². The van der Waals surface area contributed by atoms with Gasteiger partial charge in [0.25, 0.3) is 5.56 Å². The summed E-state index contributed by atoms with van der Waals surface area (Å²) in [5.74, 6) is 0.457. The molecule has 5 heteroatoms. The van der Waals surface area contributed by atoms with E-state index in [0.29, 0.717) is 11.6 Å². The summed E-state index contributed by atoms with van der Waals surface area (Å²) < 4.78 is 1.38. The molecular weight excluding hydrogens is 238 g/mol. The molecule has 0 aliphatic heterocycles. The highest BCUT2D eigenvalue weighted by Gasteiger charge is 2.14. The lowest BCUT2D eigenvalue weighted by Crippen LogP contribution is -2.28. The van der Waals surface area contributed by atoms with E-state index in [1.54, 1.807) is 6.20 Å². The van der Waals surface area contributed by atoms with Crippen LogP contribution in [-0.4, -0.2) is 15.8 Å². The Morgan fingerprint density at radius 3 is 2.35 bits per heavy atom. The Morgan fingerprint density at radius 2 is 1.88 bits per heavy atom. The van der Waals surface area contributed by atoms with E-state index in [1.807, 2.05) is 13.8 Å². The zero-order valence-electron chi connectivity index (χ0n) is 11.0. The van der Waals surface area contributed by atoms with E-state index < -0.39 is 0 Å². The molecule has 0 aromatic carbocycles. The van der Waals surface area contributed by atoms with Crippen molar-refractivity contribution in [2.24, 2.45) is 5.92 Å². The lowest BCUT2D eigenvalue weighted by Gasteiger charge is -2.20. The van der Waals surface area contributed by atoms with Crippen LogP contribution in [0.1, 0.15) is 40.7 Å². The first-order valence-electron chi connectivity index (χ1n) is 5.88. The molecule has 0 amide bonds. The maximum absolute atomic E-state index is 11.9. The van der Waals surface area contributed by atoms with Crippen molar-refractivity contribution < 1.29 is 0 Å². The van der Waals surface area contributed by atoms with Gasteiger partial charge in [-0.15, -0.1) is 0 Å². The van der Waals surface area contributed by atoms with Gasteiger partial charge in [-0.1, -0.05) is 25.4 Å². The zero-order valence-corrected chi connectivity index (χ0v) is 11.7. The van der Waals surface area contributed by atoms with Gasteiger partial charge in [-0.25, -0.2) is 4.68 Å². The fraction of sp³-hybridized carbons (Fsp3) is 0.667. The molecule has 0 radical (unpaired) electrons. The molecule has 1 heterocycles. The third-order valence-corrected chi connectivity index (χ3v) is 3.18. The highest BCUT2D eigenvalue weighted by atomic mass is 35.5. The molecule has 0 aliphatic carbocycles. The van der Waals surface area contributed by atoms with Gasteiger partial charge in [0.05, 0.1) is 17.9 Å². The Labute approximate surface area is 107 Å². The molecule has 0 saturated carbocycles. The molecule has 0 spiro atoms. The van der Waals surface area contributed by atoms with Crippen LogP contribution in [0.15, 0.2) is 11.0 Å². The molecular formula is C12H20ClN3O. The van der Waals surface area contributed by atoms with Crippen molar-refractivity contribution in [1.29, 1.82) is 0 Å². The first kappa shape index (κ1) is 14.0. The maximum Gasteiger partial charge on any atom is 0.287 e. The highest BCUT2D eigenvalue weighted by Crippen LogP contribution is 2.19. The van der Waals surface area contributed by atoms with Gasteiger partial charge >= 0.3 is 0 Å². The van der Waals surface area contributed by atoms with E-state index in [-0.39, 0.29) is 22.7 Å². The molecule has 0 aliphatic rings. The molecule has 1 unspecified atom stereocenters. The molecule has 0 fully saturated rings. The molecule has 1 atom stereocenters. The molecule has 96 valence electrons. The number of hydrogen-bond acceptors (Lipinski definition) is 3. The van der Waals surface area contributed by atoms with Gasteiger partial charge in [-0.3, -0.25) is 4.79 Å². The third-order valence-electron chi connectivity index (χ3n) is 2.82. The molecule has 1 aromatic heterocycles. The fourth-order valence-electron chi connectivity index (χ4n) is 1.33. The highest BCUT2D eigenvalue weighted by molar-refractivity contribution is 6.32. The van der Waals surface area contributed by atoms with Crippen LogP contribution in [0.25, 0.3) is 0 Å². The zero-order chi connectivity index (χ0) is 13.2. The normalized spacial score (nSPS) is 13.2. The van der Waals surface area contributed by atoms with Crippen molar-refractivity contribution in [2.45, 2.75) is 46.7 Å².